The smallest absolute Gasteiger partial charge is 0.00722 e. The summed E-state index contributed by atoms with van der Waals surface area (Å²) in [5, 5.41) is 3.78. The molecular weight excluding hydrogens is 170 g/mol. The third kappa shape index (κ3) is 1.60. The van der Waals surface area contributed by atoms with Crippen LogP contribution in [-0.4, -0.2) is 12.6 Å². The van der Waals surface area contributed by atoms with Crippen molar-refractivity contribution in [1.29, 1.82) is 0 Å². The lowest BCUT2D eigenvalue weighted by Gasteiger charge is -2.35. The number of hydrogen-bond donors (Lipinski definition) is 1. The molecule has 0 aliphatic heterocycles. The normalized spacial score (nSPS) is 50.8. The third-order valence-electron chi connectivity index (χ3n) is 4.93. The molecule has 0 aromatic rings. The molecule has 3 saturated carbocycles. The van der Waals surface area contributed by atoms with Gasteiger partial charge in [0.05, 0.1) is 0 Å². The van der Waals surface area contributed by atoms with Gasteiger partial charge >= 0.3 is 0 Å². The topological polar surface area (TPSA) is 12.0 Å². The van der Waals surface area contributed by atoms with Crippen molar-refractivity contribution >= 4 is 0 Å². The molecular formula is C13H23N. The largest absolute Gasteiger partial charge is 0.314 e. The minimum absolute atomic E-state index is 0.879. The molecule has 2 bridgehead atoms. The highest BCUT2D eigenvalue weighted by Crippen LogP contribution is 2.48. The molecule has 1 N–H and O–H groups in total. The Morgan fingerprint density at radius 2 is 1.93 bits per heavy atom. The first-order valence-corrected chi connectivity index (χ1v) is 6.54. The molecule has 0 heterocycles. The van der Waals surface area contributed by atoms with Crippen molar-refractivity contribution in [3.05, 3.63) is 0 Å². The number of hydrogen-bond acceptors (Lipinski definition) is 1. The van der Waals surface area contributed by atoms with Crippen LogP contribution in [0.4, 0.5) is 0 Å². The molecule has 0 saturated heterocycles. The highest BCUT2D eigenvalue weighted by atomic mass is 14.9. The van der Waals surface area contributed by atoms with Gasteiger partial charge in [0.1, 0.15) is 0 Å². The van der Waals surface area contributed by atoms with Crippen LogP contribution in [0.2, 0.25) is 0 Å². The first-order valence-electron chi connectivity index (χ1n) is 6.54. The second kappa shape index (κ2) is 3.52. The molecule has 0 radical (unpaired) electrons. The van der Waals surface area contributed by atoms with Gasteiger partial charge in [0.25, 0.3) is 0 Å². The van der Waals surface area contributed by atoms with Crippen molar-refractivity contribution in [2.75, 3.05) is 6.54 Å². The van der Waals surface area contributed by atoms with E-state index in [-0.39, 0.29) is 0 Å². The van der Waals surface area contributed by atoms with Crippen LogP contribution >= 0.6 is 0 Å². The molecule has 3 rings (SSSR count). The monoisotopic (exact) mass is 193 g/mol. The Balaban J connectivity index is 1.41. The van der Waals surface area contributed by atoms with Crippen molar-refractivity contribution in [2.24, 2.45) is 23.7 Å². The fraction of sp³-hybridized carbons (Fsp3) is 1.00. The lowest BCUT2D eigenvalue weighted by Crippen LogP contribution is -2.42. The zero-order chi connectivity index (χ0) is 9.54. The Bertz CT molecular complexity index is 207. The maximum absolute atomic E-state index is 3.78. The quantitative estimate of drug-likeness (QED) is 0.727. The molecule has 14 heavy (non-hydrogen) atoms. The van der Waals surface area contributed by atoms with Crippen LogP contribution in [0.25, 0.3) is 0 Å². The van der Waals surface area contributed by atoms with E-state index in [1.54, 1.807) is 19.3 Å². The van der Waals surface area contributed by atoms with Crippen LogP contribution in [0.15, 0.2) is 0 Å². The van der Waals surface area contributed by atoms with Gasteiger partial charge in [-0.05, 0) is 62.3 Å². The fourth-order valence-corrected chi connectivity index (χ4v) is 4.01. The predicted molar refractivity (Wildman–Crippen MR) is 59.1 cm³/mol. The molecule has 1 heteroatoms. The van der Waals surface area contributed by atoms with Crippen LogP contribution in [0.5, 0.6) is 0 Å². The summed E-state index contributed by atoms with van der Waals surface area (Å²) in [5.74, 6) is 4.26. The summed E-state index contributed by atoms with van der Waals surface area (Å²) in [4.78, 5) is 0. The first kappa shape index (κ1) is 9.21. The molecule has 3 aliphatic rings. The van der Waals surface area contributed by atoms with Gasteiger partial charge in [0.15, 0.2) is 0 Å². The van der Waals surface area contributed by atoms with Crippen LogP contribution in [0.3, 0.4) is 0 Å². The Hall–Kier alpha value is -0.0400. The third-order valence-corrected chi connectivity index (χ3v) is 4.93. The van der Waals surface area contributed by atoms with E-state index in [4.69, 9.17) is 0 Å². The van der Waals surface area contributed by atoms with Crippen molar-refractivity contribution in [3.8, 4) is 0 Å². The number of fused-ring (bicyclic) bond motifs is 2. The second-order valence-electron chi connectivity index (χ2n) is 6.12. The van der Waals surface area contributed by atoms with Crippen molar-refractivity contribution < 1.29 is 0 Å². The van der Waals surface area contributed by atoms with Crippen LogP contribution in [0, 0.1) is 23.7 Å². The summed E-state index contributed by atoms with van der Waals surface area (Å²) in [6.07, 6.45) is 9.05. The Kier molecular flexibility index (Phi) is 2.31. The molecule has 3 atom stereocenters. The molecule has 3 unspecified atom stereocenters. The average molecular weight is 193 g/mol. The van der Waals surface area contributed by atoms with E-state index in [0.717, 1.165) is 29.7 Å². The van der Waals surface area contributed by atoms with Crippen molar-refractivity contribution in [1.82, 2.24) is 5.32 Å². The molecule has 1 nitrogen and oxygen atoms in total. The van der Waals surface area contributed by atoms with Crippen LogP contribution in [0.1, 0.15) is 45.4 Å². The first-order chi connectivity index (χ1) is 6.81. The van der Waals surface area contributed by atoms with E-state index >= 15 is 0 Å². The minimum Gasteiger partial charge on any atom is -0.314 e. The van der Waals surface area contributed by atoms with Gasteiger partial charge < -0.3 is 5.32 Å². The van der Waals surface area contributed by atoms with Crippen molar-refractivity contribution in [3.63, 3.8) is 0 Å². The minimum atomic E-state index is 0.879. The van der Waals surface area contributed by atoms with E-state index in [1.807, 2.05) is 0 Å². The van der Waals surface area contributed by atoms with Gasteiger partial charge in [-0.2, -0.15) is 0 Å². The number of rotatable bonds is 3. The summed E-state index contributed by atoms with van der Waals surface area (Å²) in [5.41, 5.74) is 0. The van der Waals surface area contributed by atoms with Crippen LogP contribution < -0.4 is 5.32 Å². The highest BCUT2D eigenvalue weighted by molar-refractivity contribution is 4.92. The van der Waals surface area contributed by atoms with E-state index in [9.17, 15) is 0 Å². The molecule has 0 amide bonds. The molecule has 80 valence electrons. The lowest BCUT2D eigenvalue weighted by molar-refractivity contribution is 0.215. The summed E-state index contributed by atoms with van der Waals surface area (Å²) < 4.78 is 0. The number of nitrogens with one attached hydrogen (secondary N) is 1. The highest BCUT2D eigenvalue weighted by Gasteiger charge is 2.39. The molecule has 0 aromatic carbocycles. The Morgan fingerprint density at radius 3 is 2.50 bits per heavy atom. The Morgan fingerprint density at radius 1 is 1.07 bits per heavy atom. The molecule has 0 spiro atoms. The van der Waals surface area contributed by atoms with Gasteiger partial charge in [-0.25, -0.2) is 0 Å². The van der Waals surface area contributed by atoms with E-state index in [0.29, 0.717) is 0 Å². The molecule has 3 aliphatic carbocycles. The standard InChI is InChI=1S/C13H23N/c1-9-4-13(5-9)14-8-12-7-10-2-3-11(12)6-10/h9-14H,2-8H2,1H3. The van der Waals surface area contributed by atoms with Gasteiger partial charge in [-0.3, -0.25) is 0 Å². The Labute approximate surface area is 87.7 Å². The second-order valence-corrected chi connectivity index (χ2v) is 6.12. The maximum atomic E-state index is 3.78. The van der Waals surface area contributed by atoms with E-state index < -0.39 is 0 Å². The van der Waals surface area contributed by atoms with E-state index in [1.165, 1.54) is 25.8 Å². The van der Waals surface area contributed by atoms with Crippen molar-refractivity contribution in [2.45, 2.75) is 51.5 Å². The molecule has 3 fully saturated rings. The average Bonchev–Trinajstić information content (AvgIpc) is 2.71. The van der Waals surface area contributed by atoms with Gasteiger partial charge in [0, 0.05) is 6.04 Å². The zero-order valence-corrected chi connectivity index (χ0v) is 9.34. The maximum Gasteiger partial charge on any atom is 0.00722 e. The molecule has 0 aromatic heterocycles. The summed E-state index contributed by atoms with van der Waals surface area (Å²) >= 11 is 0. The lowest BCUT2D eigenvalue weighted by atomic mass is 9.81. The van der Waals surface area contributed by atoms with Crippen LogP contribution in [-0.2, 0) is 0 Å². The summed E-state index contributed by atoms with van der Waals surface area (Å²) in [6.45, 7) is 3.70. The zero-order valence-electron chi connectivity index (χ0n) is 9.34. The van der Waals surface area contributed by atoms with Gasteiger partial charge in [0.2, 0.25) is 0 Å². The predicted octanol–water partition coefficient (Wildman–Crippen LogP) is 2.81. The van der Waals surface area contributed by atoms with Gasteiger partial charge in [-0.15, -0.1) is 0 Å². The SMILES string of the molecule is CC1CC(NCC2CC3CCC2C3)C1. The fourth-order valence-electron chi connectivity index (χ4n) is 4.01. The summed E-state index contributed by atoms with van der Waals surface area (Å²) in [6, 6.07) is 0.879. The van der Waals surface area contributed by atoms with E-state index in [2.05, 4.69) is 12.2 Å². The summed E-state index contributed by atoms with van der Waals surface area (Å²) in [7, 11) is 0. The van der Waals surface area contributed by atoms with Gasteiger partial charge in [-0.1, -0.05) is 13.3 Å².